The van der Waals surface area contributed by atoms with Gasteiger partial charge in [-0.2, -0.15) is 0 Å². The molecule has 4 heterocycles. The van der Waals surface area contributed by atoms with Crippen molar-refractivity contribution in [3.8, 4) is 5.13 Å². The van der Waals surface area contributed by atoms with Gasteiger partial charge in [0.1, 0.15) is 0 Å². The Bertz CT molecular complexity index is 1410. The highest BCUT2D eigenvalue weighted by Gasteiger charge is 2.42. The van der Waals surface area contributed by atoms with E-state index in [2.05, 4.69) is 56.0 Å². The van der Waals surface area contributed by atoms with Crippen LogP contribution in [0.25, 0.3) is 5.13 Å². The Morgan fingerprint density at radius 2 is 1.97 bits per heavy atom. The van der Waals surface area contributed by atoms with E-state index in [4.69, 9.17) is 12.2 Å². The molecule has 2 N–H and O–H groups in total. The van der Waals surface area contributed by atoms with Gasteiger partial charge in [0.2, 0.25) is 5.91 Å². The highest BCUT2D eigenvalue weighted by molar-refractivity contribution is 7.80. The van der Waals surface area contributed by atoms with Crippen LogP contribution in [0.3, 0.4) is 0 Å². The number of carbonyl (C=O) groups is 1. The third-order valence-electron chi connectivity index (χ3n) is 6.58. The van der Waals surface area contributed by atoms with Crippen LogP contribution >= 0.6 is 23.6 Å². The molecule has 0 radical (unpaired) electrons. The van der Waals surface area contributed by atoms with E-state index >= 15 is 0 Å². The number of aromatic nitrogens is 3. The molecule has 1 amide bonds. The molecule has 3 aromatic heterocycles. The van der Waals surface area contributed by atoms with Crippen LogP contribution in [-0.2, 0) is 4.79 Å². The Kier molecular flexibility index (Phi) is 6.59. The monoisotopic (exact) mass is 516 g/mol. The summed E-state index contributed by atoms with van der Waals surface area (Å²) in [6.07, 6.45) is 4.08. The van der Waals surface area contributed by atoms with Crippen LogP contribution in [0.4, 0.5) is 11.4 Å². The molecule has 1 saturated heterocycles. The van der Waals surface area contributed by atoms with E-state index in [-0.39, 0.29) is 18.0 Å². The number of nitrogens with zero attached hydrogens (tertiary/aromatic N) is 4. The van der Waals surface area contributed by atoms with Gasteiger partial charge in [0.15, 0.2) is 10.2 Å². The SMILES string of the molecule is CCC(=O)Nc1ccc(N2C(=S)N[C@H](c3ccccn3)[C@H]2c2cc(C)n(-c3nccs3)c2C)cc1C. The Morgan fingerprint density at radius 3 is 2.64 bits per heavy atom. The van der Waals surface area contributed by atoms with E-state index < -0.39 is 0 Å². The number of nitrogens with one attached hydrogen (secondary N) is 2. The van der Waals surface area contributed by atoms with Crippen LogP contribution in [0.2, 0.25) is 0 Å². The molecule has 0 bridgehead atoms. The number of aryl methyl sites for hydroxylation is 2. The maximum atomic E-state index is 12.0. The Hall–Kier alpha value is -3.56. The minimum absolute atomic E-state index is 0.00747. The number of pyridine rings is 1. The summed E-state index contributed by atoms with van der Waals surface area (Å²) in [5.41, 5.74) is 7.06. The molecule has 1 fully saturated rings. The smallest absolute Gasteiger partial charge is 0.224 e. The van der Waals surface area contributed by atoms with Gasteiger partial charge in [-0.25, -0.2) is 4.98 Å². The first-order valence-electron chi connectivity index (χ1n) is 11.9. The van der Waals surface area contributed by atoms with Crippen molar-refractivity contribution in [3.05, 3.63) is 88.4 Å². The predicted octanol–water partition coefficient (Wildman–Crippen LogP) is 5.78. The van der Waals surface area contributed by atoms with E-state index in [9.17, 15) is 4.79 Å². The fourth-order valence-corrected chi connectivity index (χ4v) is 5.93. The molecule has 184 valence electrons. The lowest BCUT2D eigenvalue weighted by atomic mass is 9.96. The number of thiazole rings is 1. The topological polar surface area (TPSA) is 75.1 Å². The van der Waals surface area contributed by atoms with Gasteiger partial charge in [0.05, 0.1) is 17.8 Å². The number of anilines is 2. The Balaban J connectivity index is 1.62. The summed E-state index contributed by atoms with van der Waals surface area (Å²) < 4.78 is 2.20. The van der Waals surface area contributed by atoms with Gasteiger partial charge in [0.25, 0.3) is 0 Å². The lowest BCUT2D eigenvalue weighted by Gasteiger charge is -2.28. The Morgan fingerprint density at radius 1 is 1.14 bits per heavy atom. The summed E-state index contributed by atoms with van der Waals surface area (Å²) in [7, 11) is 0. The van der Waals surface area contributed by atoms with E-state index in [0.717, 1.165) is 44.7 Å². The van der Waals surface area contributed by atoms with Gasteiger partial charge in [-0.1, -0.05) is 13.0 Å². The fraction of sp³-hybridized carbons (Fsp3) is 0.259. The number of hydrogen-bond acceptors (Lipinski definition) is 5. The first-order chi connectivity index (χ1) is 17.4. The highest BCUT2D eigenvalue weighted by Crippen LogP contribution is 2.44. The van der Waals surface area contributed by atoms with Gasteiger partial charge < -0.3 is 15.5 Å². The molecule has 5 rings (SSSR count). The zero-order valence-corrected chi connectivity index (χ0v) is 22.3. The van der Waals surface area contributed by atoms with Crippen molar-refractivity contribution in [2.75, 3.05) is 10.2 Å². The van der Waals surface area contributed by atoms with Crippen molar-refractivity contribution in [1.82, 2.24) is 19.9 Å². The molecule has 0 unspecified atom stereocenters. The van der Waals surface area contributed by atoms with Gasteiger partial charge in [-0.05, 0) is 80.5 Å². The van der Waals surface area contributed by atoms with Crippen LogP contribution in [0.15, 0.2) is 60.2 Å². The fourth-order valence-electron chi connectivity index (χ4n) is 4.83. The first-order valence-corrected chi connectivity index (χ1v) is 13.2. The standard InChI is InChI=1S/C27H28N6OS2/c1-5-23(34)30-21-10-9-19(14-16(21)2)33-25(24(31-26(33)35)22-8-6-7-11-28-22)20-15-17(3)32(18(20)4)27-29-12-13-36-27/h6-15,24-25H,5H2,1-4H3,(H,30,34)(H,31,35)/t24-,25-/m1/s1. The molecule has 36 heavy (non-hydrogen) atoms. The third kappa shape index (κ3) is 4.29. The molecule has 2 atom stereocenters. The quantitative estimate of drug-likeness (QED) is 0.317. The third-order valence-corrected chi connectivity index (χ3v) is 7.65. The molecule has 4 aromatic rings. The molecule has 9 heteroatoms. The number of amides is 1. The summed E-state index contributed by atoms with van der Waals surface area (Å²) in [5.74, 6) is -0.00747. The van der Waals surface area contributed by atoms with Crippen LogP contribution in [0.1, 0.15) is 53.6 Å². The summed E-state index contributed by atoms with van der Waals surface area (Å²) in [5, 5.41) is 10.1. The number of thiocarbonyl (C=S) groups is 1. The van der Waals surface area contributed by atoms with E-state index in [1.54, 1.807) is 11.3 Å². The average molecular weight is 517 g/mol. The molecule has 0 aliphatic carbocycles. The van der Waals surface area contributed by atoms with Crippen molar-refractivity contribution >= 4 is 45.9 Å². The largest absolute Gasteiger partial charge is 0.351 e. The first kappa shape index (κ1) is 24.1. The molecular weight excluding hydrogens is 488 g/mol. The van der Waals surface area contributed by atoms with Gasteiger partial charge in [-0.15, -0.1) is 11.3 Å². The van der Waals surface area contributed by atoms with E-state index in [0.29, 0.717) is 11.5 Å². The lowest BCUT2D eigenvalue weighted by Crippen LogP contribution is -2.29. The second kappa shape index (κ2) is 9.83. The minimum atomic E-state index is -0.135. The maximum Gasteiger partial charge on any atom is 0.224 e. The number of benzene rings is 1. The Labute approximate surface area is 220 Å². The summed E-state index contributed by atoms with van der Waals surface area (Å²) in [4.78, 5) is 23.4. The number of carbonyl (C=O) groups excluding carboxylic acids is 1. The highest BCUT2D eigenvalue weighted by atomic mass is 32.1. The summed E-state index contributed by atoms with van der Waals surface area (Å²) in [6, 6.07) is 14.0. The molecule has 1 aromatic carbocycles. The van der Waals surface area contributed by atoms with Gasteiger partial charge in [-0.3, -0.25) is 14.3 Å². The molecule has 1 aliphatic heterocycles. The molecule has 0 saturated carbocycles. The van der Waals surface area contributed by atoms with Gasteiger partial charge >= 0.3 is 0 Å². The second-order valence-corrected chi connectivity index (χ2v) is 10.1. The maximum absolute atomic E-state index is 12.0. The van der Waals surface area contributed by atoms with E-state index in [1.165, 1.54) is 0 Å². The van der Waals surface area contributed by atoms with Crippen LogP contribution in [-0.4, -0.2) is 25.6 Å². The van der Waals surface area contributed by atoms with Crippen molar-refractivity contribution in [2.24, 2.45) is 0 Å². The van der Waals surface area contributed by atoms with Crippen molar-refractivity contribution in [3.63, 3.8) is 0 Å². The number of hydrogen-bond donors (Lipinski definition) is 2. The van der Waals surface area contributed by atoms with Crippen LogP contribution in [0, 0.1) is 20.8 Å². The summed E-state index contributed by atoms with van der Waals surface area (Å²) in [6.45, 7) is 8.08. The minimum Gasteiger partial charge on any atom is -0.351 e. The predicted molar refractivity (Wildman–Crippen MR) is 149 cm³/mol. The number of rotatable bonds is 6. The molecule has 7 nitrogen and oxygen atoms in total. The van der Waals surface area contributed by atoms with E-state index in [1.807, 2.05) is 62.0 Å². The van der Waals surface area contributed by atoms with Crippen molar-refractivity contribution in [2.45, 2.75) is 46.2 Å². The molecule has 0 spiro atoms. The van der Waals surface area contributed by atoms with Crippen molar-refractivity contribution in [1.29, 1.82) is 0 Å². The average Bonchev–Trinajstić information content (AvgIpc) is 3.58. The zero-order chi connectivity index (χ0) is 25.4. The normalized spacial score (nSPS) is 17.3. The molecule has 1 aliphatic rings. The van der Waals surface area contributed by atoms with Gasteiger partial charge in [0, 0.05) is 47.0 Å². The zero-order valence-electron chi connectivity index (χ0n) is 20.6. The van der Waals surface area contributed by atoms with Crippen LogP contribution in [0.5, 0.6) is 0 Å². The summed E-state index contributed by atoms with van der Waals surface area (Å²) >= 11 is 7.52. The lowest BCUT2D eigenvalue weighted by molar-refractivity contribution is -0.115. The second-order valence-electron chi connectivity index (χ2n) is 8.87. The van der Waals surface area contributed by atoms with Crippen LogP contribution < -0.4 is 15.5 Å². The molecular formula is C27H28N6OS2. The van der Waals surface area contributed by atoms with Crippen molar-refractivity contribution < 1.29 is 4.79 Å².